The Balaban J connectivity index is 1.80. The van der Waals surface area contributed by atoms with Crippen LogP contribution in [0.2, 0.25) is 0 Å². The highest BCUT2D eigenvalue weighted by Crippen LogP contribution is 2.28. The van der Waals surface area contributed by atoms with Crippen LogP contribution in [0.5, 0.6) is 0 Å². The first-order valence-corrected chi connectivity index (χ1v) is 6.34. The number of rotatable bonds is 6. The van der Waals surface area contributed by atoms with Crippen molar-refractivity contribution < 1.29 is 13.9 Å². The van der Waals surface area contributed by atoms with Gasteiger partial charge in [-0.25, -0.2) is 8.78 Å². The molecule has 1 aliphatic rings. The van der Waals surface area contributed by atoms with Crippen LogP contribution in [0, 0.1) is 0 Å². The monoisotopic (exact) mass is 259 g/mol. The molecule has 1 aliphatic carbocycles. The summed E-state index contributed by atoms with van der Waals surface area (Å²) in [5.41, 5.74) is 0.760. The number of aromatic nitrogens is 2. The Morgan fingerprint density at radius 1 is 1.44 bits per heavy atom. The van der Waals surface area contributed by atoms with Crippen LogP contribution in [0.3, 0.4) is 0 Å². The average Bonchev–Trinajstić information content (AvgIpc) is 2.98. The van der Waals surface area contributed by atoms with Crippen LogP contribution in [0.25, 0.3) is 0 Å². The Labute approximate surface area is 105 Å². The molecule has 0 spiro atoms. The fraction of sp³-hybridized carbons (Fsp3) is 0.750. The second-order valence-corrected chi connectivity index (χ2v) is 4.84. The van der Waals surface area contributed by atoms with Crippen LogP contribution >= 0.6 is 0 Å². The van der Waals surface area contributed by atoms with E-state index in [0.717, 1.165) is 18.5 Å². The van der Waals surface area contributed by atoms with E-state index < -0.39 is 19.1 Å². The molecule has 0 aliphatic heterocycles. The molecule has 102 valence electrons. The van der Waals surface area contributed by atoms with E-state index in [4.69, 9.17) is 5.11 Å². The number of halogens is 2. The summed E-state index contributed by atoms with van der Waals surface area (Å²) in [7, 11) is 0. The Morgan fingerprint density at radius 2 is 2.17 bits per heavy atom. The minimum atomic E-state index is -3.06. The van der Waals surface area contributed by atoms with Crippen molar-refractivity contribution in [2.75, 3.05) is 13.2 Å². The lowest BCUT2D eigenvalue weighted by Gasteiger charge is -2.13. The first kappa shape index (κ1) is 13.4. The minimum Gasteiger partial charge on any atom is -0.390 e. The summed E-state index contributed by atoms with van der Waals surface area (Å²) in [5, 5.41) is 15.4. The number of hydrogen-bond acceptors (Lipinski definition) is 3. The lowest BCUT2D eigenvalue weighted by Crippen LogP contribution is -2.35. The van der Waals surface area contributed by atoms with Crippen LogP contribution < -0.4 is 5.32 Å². The molecule has 1 saturated carbocycles. The predicted molar refractivity (Wildman–Crippen MR) is 63.5 cm³/mol. The molecule has 2 rings (SSSR count). The summed E-state index contributed by atoms with van der Waals surface area (Å²) in [6.45, 7) is -1.36. The van der Waals surface area contributed by atoms with Crippen molar-refractivity contribution in [3.63, 3.8) is 0 Å². The molecule has 0 amide bonds. The Hall–Kier alpha value is -1.01. The quantitative estimate of drug-likeness (QED) is 0.817. The SMILES string of the molecule is OCC(F)(F)CNCc1ccn(C2CCCC2)n1. The number of nitrogens with zero attached hydrogens (tertiary/aromatic N) is 2. The van der Waals surface area contributed by atoms with Crippen molar-refractivity contribution in [3.05, 3.63) is 18.0 Å². The molecule has 0 saturated heterocycles. The summed E-state index contributed by atoms with van der Waals surface area (Å²) in [5.74, 6) is -3.06. The molecule has 0 aromatic carbocycles. The van der Waals surface area contributed by atoms with Crippen molar-refractivity contribution in [2.24, 2.45) is 0 Å². The van der Waals surface area contributed by atoms with E-state index in [1.165, 1.54) is 12.8 Å². The highest BCUT2D eigenvalue weighted by Gasteiger charge is 2.26. The van der Waals surface area contributed by atoms with Crippen LogP contribution in [0.1, 0.15) is 37.4 Å². The van der Waals surface area contributed by atoms with E-state index in [-0.39, 0.29) is 0 Å². The molecular formula is C12H19F2N3O. The third kappa shape index (κ3) is 3.49. The molecule has 0 unspecified atom stereocenters. The molecule has 2 N–H and O–H groups in total. The Bertz CT molecular complexity index is 375. The maximum absolute atomic E-state index is 12.8. The smallest absolute Gasteiger partial charge is 0.282 e. The number of aliphatic hydroxyl groups excluding tert-OH is 1. The summed E-state index contributed by atoms with van der Waals surface area (Å²) in [4.78, 5) is 0. The van der Waals surface area contributed by atoms with Gasteiger partial charge in [-0.3, -0.25) is 4.68 Å². The average molecular weight is 259 g/mol. The minimum absolute atomic E-state index is 0.301. The highest BCUT2D eigenvalue weighted by molar-refractivity contribution is 5.00. The third-order valence-electron chi connectivity index (χ3n) is 3.28. The van der Waals surface area contributed by atoms with Gasteiger partial charge in [0.15, 0.2) is 0 Å². The van der Waals surface area contributed by atoms with Crippen molar-refractivity contribution in [2.45, 2.75) is 44.2 Å². The number of alkyl halides is 2. The summed E-state index contributed by atoms with van der Waals surface area (Å²) < 4.78 is 27.5. The van der Waals surface area contributed by atoms with E-state index in [1.807, 2.05) is 16.9 Å². The van der Waals surface area contributed by atoms with Gasteiger partial charge < -0.3 is 10.4 Å². The number of aliphatic hydroxyl groups is 1. The molecule has 1 heterocycles. The van der Waals surface area contributed by atoms with E-state index in [9.17, 15) is 8.78 Å². The maximum atomic E-state index is 12.8. The molecule has 6 heteroatoms. The zero-order chi connectivity index (χ0) is 13.0. The largest absolute Gasteiger partial charge is 0.390 e. The van der Waals surface area contributed by atoms with Gasteiger partial charge in [0, 0.05) is 12.7 Å². The lowest BCUT2D eigenvalue weighted by atomic mass is 10.3. The van der Waals surface area contributed by atoms with Crippen molar-refractivity contribution in [3.8, 4) is 0 Å². The van der Waals surface area contributed by atoms with Crippen LogP contribution in [0.4, 0.5) is 8.78 Å². The third-order valence-corrected chi connectivity index (χ3v) is 3.28. The fourth-order valence-corrected chi connectivity index (χ4v) is 2.27. The van der Waals surface area contributed by atoms with Gasteiger partial charge >= 0.3 is 0 Å². The zero-order valence-electron chi connectivity index (χ0n) is 10.3. The number of hydrogen-bond donors (Lipinski definition) is 2. The van der Waals surface area contributed by atoms with Gasteiger partial charge in [-0.05, 0) is 18.9 Å². The summed E-state index contributed by atoms with van der Waals surface area (Å²) in [6, 6.07) is 2.32. The molecule has 1 aromatic rings. The van der Waals surface area contributed by atoms with Crippen LogP contribution in [0.15, 0.2) is 12.3 Å². The number of nitrogens with one attached hydrogen (secondary N) is 1. The van der Waals surface area contributed by atoms with Crippen molar-refractivity contribution >= 4 is 0 Å². The Kier molecular flexibility index (Phi) is 4.29. The molecule has 1 fully saturated rings. The van der Waals surface area contributed by atoms with Gasteiger partial charge in [0.05, 0.1) is 18.3 Å². The molecule has 18 heavy (non-hydrogen) atoms. The van der Waals surface area contributed by atoms with Crippen LogP contribution in [-0.2, 0) is 6.54 Å². The standard InChI is InChI=1S/C12H19F2N3O/c13-12(14,9-18)8-15-7-10-5-6-17(16-10)11-3-1-2-4-11/h5-6,11,15,18H,1-4,7-9H2. The van der Waals surface area contributed by atoms with Gasteiger partial charge in [-0.2, -0.15) is 5.10 Å². The molecule has 0 bridgehead atoms. The normalized spacial score (nSPS) is 17.5. The molecule has 1 aromatic heterocycles. The Morgan fingerprint density at radius 3 is 2.83 bits per heavy atom. The van der Waals surface area contributed by atoms with E-state index in [2.05, 4.69) is 10.4 Å². The van der Waals surface area contributed by atoms with Crippen LogP contribution in [-0.4, -0.2) is 34.0 Å². The fourth-order valence-electron chi connectivity index (χ4n) is 2.27. The van der Waals surface area contributed by atoms with Crippen molar-refractivity contribution in [1.82, 2.24) is 15.1 Å². The second kappa shape index (κ2) is 5.75. The lowest BCUT2D eigenvalue weighted by molar-refractivity contribution is -0.0478. The van der Waals surface area contributed by atoms with Crippen molar-refractivity contribution in [1.29, 1.82) is 0 Å². The van der Waals surface area contributed by atoms with E-state index in [0.29, 0.717) is 12.6 Å². The first-order chi connectivity index (χ1) is 8.61. The molecular weight excluding hydrogens is 240 g/mol. The van der Waals surface area contributed by atoms with E-state index >= 15 is 0 Å². The topological polar surface area (TPSA) is 50.1 Å². The molecule has 0 radical (unpaired) electrons. The molecule has 0 atom stereocenters. The van der Waals surface area contributed by atoms with Gasteiger partial charge in [0.25, 0.3) is 5.92 Å². The summed E-state index contributed by atoms with van der Waals surface area (Å²) >= 11 is 0. The van der Waals surface area contributed by atoms with Gasteiger partial charge in [0.1, 0.15) is 6.61 Å². The second-order valence-electron chi connectivity index (χ2n) is 4.84. The summed E-state index contributed by atoms with van der Waals surface area (Å²) in [6.07, 6.45) is 6.69. The zero-order valence-corrected chi connectivity index (χ0v) is 10.3. The molecule has 4 nitrogen and oxygen atoms in total. The van der Waals surface area contributed by atoms with Gasteiger partial charge in [-0.1, -0.05) is 12.8 Å². The van der Waals surface area contributed by atoms with Gasteiger partial charge in [0.2, 0.25) is 0 Å². The predicted octanol–water partition coefficient (Wildman–Crippen LogP) is 1.72. The van der Waals surface area contributed by atoms with E-state index in [1.54, 1.807) is 0 Å². The first-order valence-electron chi connectivity index (χ1n) is 6.34. The maximum Gasteiger partial charge on any atom is 0.282 e. The highest BCUT2D eigenvalue weighted by atomic mass is 19.3. The van der Waals surface area contributed by atoms with Gasteiger partial charge in [-0.15, -0.1) is 0 Å².